The van der Waals surface area contributed by atoms with E-state index in [1.165, 1.54) is 62.5 Å². The molecule has 3 aromatic rings. The molecule has 174 valence electrons. The first-order valence-electron chi connectivity index (χ1n) is 11.7. The van der Waals surface area contributed by atoms with E-state index in [0.717, 1.165) is 13.1 Å². The Labute approximate surface area is 216 Å². The minimum absolute atomic E-state index is 0. The molecular weight excluding hydrogens is 524 g/mol. The van der Waals surface area contributed by atoms with Gasteiger partial charge in [-0.05, 0) is 74.6 Å². The van der Waals surface area contributed by atoms with Gasteiger partial charge in [0.2, 0.25) is 0 Å². The summed E-state index contributed by atoms with van der Waals surface area (Å²) in [5.41, 5.74) is 5.79. The molecule has 0 unspecified atom stereocenters. The number of nitrogens with zero attached hydrogens (tertiary/aromatic N) is 2. The summed E-state index contributed by atoms with van der Waals surface area (Å²) >= 11 is 0. The third-order valence-corrected chi connectivity index (χ3v) is 5.96. The second kappa shape index (κ2) is 16.1. The van der Waals surface area contributed by atoms with Crippen LogP contribution in [-0.4, -0.2) is 0 Å². The third-order valence-electron chi connectivity index (χ3n) is 5.96. The number of pyridine rings is 2. The molecule has 0 aliphatic heterocycles. The van der Waals surface area contributed by atoms with Crippen LogP contribution >= 0.6 is 0 Å². The molecule has 0 radical (unpaired) electrons. The zero-order chi connectivity index (χ0) is 21.0. The molecule has 2 nitrogen and oxygen atoms in total. The Hall–Kier alpha value is -1.52. The van der Waals surface area contributed by atoms with E-state index in [2.05, 4.69) is 96.3 Å². The summed E-state index contributed by atoms with van der Waals surface area (Å²) in [6, 6.07) is 17.8. The summed E-state index contributed by atoms with van der Waals surface area (Å²) in [5.74, 6) is 0. The zero-order valence-corrected chi connectivity index (χ0v) is 22.8. The molecule has 0 saturated heterocycles. The standard InChI is InChI=1S/C28H38N2.2BrH/c1-25-15-21-29(22-16-25)19-9-3-5-11-27-13-7-8-14-28(27)12-6-4-10-20-30-23-17-26(2)18-24-30;;/h7-8,13-18,21-24H,3-6,9-12,19-20H2,1-2H3;2*1H/q+2;;/p-2. The van der Waals surface area contributed by atoms with E-state index < -0.39 is 0 Å². The van der Waals surface area contributed by atoms with Crippen LogP contribution in [0.2, 0.25) is 0 Å². The van der Waals surface area contributed by atoms with Crippen molar-refractivity contribution in [2.24, 2.45) is 0 Å². The molecule has 0 saturated carbocycles. The maximum Gasteiger partial charge on any atom is 0.169 e. The summed E-state index contributed by atoms with van der Waals surface area (Å²) in [5, 5.41) is 0. The number of benzene rings is 1. The molecule has 0 fully saturated rings. The second-order valence-electron chi connectivity index (χ2n) is 8.62. The van der Waals surface area contributed by atoms with Gasteiger partial charge in [-0.1, -0.05) is 24.3 Å². The van der Waals surface area contributed by atoms with E-state index in [1.807, 2.05) is 0 Å². The maximum absolute atomic E-state index is 2.34. The number of hydrogen-bond acceptors (Lipinski definition) is 0. The molecule has 2 heterocycles. The maximum atomic E-state index is 2.34. The molecule has 0 amide bonds. The van der Waals surface area contributed by atoms with Crippen molar-refractivity contribution >= 4 is 0 Å². The molecule has 3 rings (SSSR count). The SMILES string of the molecule is Cc1cc[n+](CCCCCc2ccccc2CCCCC[n+]2ccc(C)cc2)cc1.[Br-].[Br-]. The summed E-state index contributed by atoms with van der Waals surface area (Å²) in [6.07, 6.45) is 18.9. The number of aryl methyl sites for hydroxylation is 6. The molecule has 0 aliphatic rings. The zero-order valence-electron chi connectivity index (χ0n) is 19.6. The van der Waals surface area contributed by atoms with Gasteiger partial charge in [-0.2, -0.15) is 0 Å². The fourth-order valence-electron chi connectivity index (χ4n) is 3.98. The Morgan fingerprint density at radius 2 is 0.875 bits per heavy atom. The number of rotatable bonds is 12. The first kappa shape index (κ1) is 28.5. The van der Waals surface area contributed by atoms with Gasteiger partial charge < -0.3 is 34.0 Å². The minimum atomic E-state index is 0. The van der Waals surface area contributed by atoms with Gasteiger partial charge in [-0.15, -0.1) is 0 Å². The predicted octanol–water partition coefficient (Wildman–Crippen LogP) is -0.288. The van der Waals surface area contributed by atoms with Gasteiger partial charge in [0.25, 0.3) is 0 Å². The van der Waals surface area contributed by atoms with Crippen molar-refractivity contribution in [3.8, 4) is 0 Å². The Bertz CT molecular complexity index is 802. The highest BCUT2D eigenvalue weighted by Gasteiger charge is 2.05. The highest BCUT2D eigenvalue weighted by Crippen LogP contribution is 2.16. The summed E-state index contributed by atoms with van der Waals surface area (Å²) < 4.78 is 4.60. The molecule has 0 spiro atoms. The lowest BCUT2D eigenvalue weighted by Gasteiger charge is -2.09. The van der Waals surface area contributed by atoms with Crippen LogP contribution in [0.5, 0.6) is 0 Å². The minimum Gasteiger partial charge on any atom is -1.00 e. The Balaban J connectivity index is 0.00000256. The van der Waals surface area contributed by atoms with E-state index in [4.69, 9.17) is 0 Å². The molecule has 0 atom stereocenters. The average Bonchev–Trinajstić information content (AvgIpc) is 2.77. The Morgan fingerprint density at radius 1 is 0.500 bits per heavy atom. The molecule has 1 aromatic carbocycles. The second-order valence-corrected chi connectivity index (χ2v) is 8.62. The summed E-state index contributed by atoms with van der Waals surface area (Å²) in [4.78, 5) is 0. The quantitative estimate of drug-likeness (QED) is 0.212. The Morgan fingerprint density at radius 3 is 1.25 bits per heavy atom. The van der Waals surface area contributed by atoms with E-state index in [0.29, 0.717) is 0 Å². The van der Waals surface area contributed by atoms with Crippen LogP contribution in [0.3, 0.4) is 0 Å². The highest BCUT2D eigenvalue weighted by molar-refractivity contribution is 5.27. The smallest absolute Gasteiger partial charge is 0.169 e. The van der Waals surface area contributed by atoms with E-state index in [-0.39, 0.29) is 34.0 Å². The van der Waals surface area contributed by atoms with Gasteiger partial charge in [0.15, 0.2) is 24.8 Å². The molecule has 0 N–H and O–H groups in total. The van der Waals surface area contributed by atoms with Crippen LogP contribution in [0, 0.1) is 13.8 Å². The summed E-state index contributed by atoms with van der Waals surface area (Å²) in [7, 11) is 0. The van der Waals surface area contributed by atoms with Crippen molar-refractivity contribution in [2.75, 3.05) is 0 Å². The largest absolute Gasteiger partial charge is 1.00 e. The highest BCUT2D eigenvalue weighted by atomic mass is 79.9. The predicted molar refractivity (Wildman–Crippen MR) is 124 cm³/mol. The summed E-state index contributed by atoms with van der Waals surface area (Å²) in [6.45, 7) is 6.54. The fraction of sp³-hybridized carbons (Fsp3) is 0.429. The van der Waals surface area contributed by atoms with Gasteiger partial charge in [-0.25, -0.2) is 9.13 Å². The van der Waals surface area contributed by atoms with Crippen molar-refractivity contribution in [1.82, 2.24) is 0 Å². The van der Waals surface area contributed by atoms with Crippen LogP contribution < -0.4 is 43.1 Å². The molecular formula is C28H38Br2N2. The van der Waals surface area contributed by atoms with Gasteiger partial charge in [0.05, 0.1) is 0 Å². The van der Waals surface area contributed by atoms with Crippen molar-refractivity contribution in [1.29, 1.82) is 0 Å². The van der Waals surface area contributed by atoms with Crippen molar-refractivity contribution in [3.63, 3.8) is 0 Å². The van der Waals surface area contributed by atoms with E-state index in [9.17, 15) is 0 Å². The van der Waals surface area contributed by atoms with E-state index >= 15 is 0 Å². The van der Waals surface area contributed by atoms with Crippen LogP contribution in [0.15, 0.2) is 73.3 Å². The Kier molecular flexibility index (Phi) is 14.4. The lowest BCUT2D eigenvalue weighted by molar-refractivity contribution is -0.697. The van der Waals surface area contributed by atoms with Gasteiger partial charge >= 0.3 is 0 Å². The average molecular weight is 562 g/mol. The van der Waals surface area contributed by atoms with Crippen molar-refractivity contribution in [3.05, 3.63) is 95.6 Å². The van der Waals surface area contributed by atoms with Crippen LogP contribution in [0.4, 0.5) is 0 Å². The molecule has 32 heavy (non-hydrogen) atoms. The van der Waals surface area contributed by atoms with E-state index in [1.54, 1.807) is 11.1 Å². The third kappa shape index (κ3) is 10.4. The number of halogens is 2. The van der Waals surface area contributed by atoms with Crippen LogP contribution in [0.25, 0.3) is 0 Å². The van der Waals surface area contributed by atoms with Crippen molar-refractivity contribution in [2.45, 2.75) is 78.3 Å². The lowest BCUT2D eigenvalue weighted by atomic mass is 9.97. The normalized spacial score (nSPS) is 10.3. The first-order chi connectivity index (χ1) is 14.7. The topological polar surface area (TPSA) is 7.76 Å². The first-order valence-corrected chi connectivity index (χ1v) is 11.7. The lowest BCUT2D eigenvalue weighted by Crippen LogP contribution is -3.00. The fourth-order valence-corrected chi connectivity index (χ4v) is 3.98. The number of hydrogen-bond donors (Lipinski definition) is 0. The van der Waals surface area contributed by atoms with Crippen LogP contribution in [-0.2, 0) is 25.9 Å². The monoisotopic (exact) mass is 560 g/mol. The van der Waals surface area contributed by atoms with Crippen molar-refractivity contribution < 1.29 is 43.1 Å². The molecule has 0 bridgehead atoms. The van der Waals surface area contributed by atoms with Gasteiger partial charge in [-0.3, -0.25) is 0 Å². The molecule has 0 aliphatic carbocycles. The number of aromatic nitrogens is 2. The molecule has 2 aromatic heterocycles. The number of unbranched alkanes of at least 4 members (excludes halogenated alkanes) is 4. The molecule has 4 heteroatoms. The van der Waals surface area contributed by atoms with Gasteiger partial charge in [0.1, 0.15) is 13.1 Å². The van der Waals surface area contributed by atoms with Gasteiger partial charge in [0, 0.05) is 37.1 Å². The van der Waals surface area contributed by atoms with Crippen LogP contribution in [0.1, 0.15) is 60.8 Å².